The van der Waals surface area contributed by atoms with Gasteiger partial charge in [0.05, 0.1) is 0 Å². The van der Waals surface area contributed by atoms with Gasteiger partial charge in [0, 0.05) is 18.6 Å². The average molecular weight is 363 g/mol. The molecule has 25 heavy (non-hydrogen) atoms. The van der Waals surface area contributed by atoms with Crippen molar-refractivity contribution < 1.29 is 9.53 Å². The molecule has 2 aromatic rings. The highest BCUT2D eigenvalue weighted by atomic mass is 35.5. The van der Waals surface area contributed by atoms with Crippen LogP contribution in [-0.2, 0) is 17.9 Å². The molecule has 2 rings (SSSR count). The Morgan fingerprint density at radius 1 is 0.920 bits per heavy atom. The number of nitrogens with one attached hydrogen (secondary N) is 2. The van der Waals surface area contributed by atoms with Crippen molar-refractivity contribution in [3.05, 3.63) is 65.7 Å². The highest BCUT2D eigenvalue weighted by Gasteiger charge is 2.13. The summed E-state index contributed by atoms with van der Waals surface area (Å²) in [4.78, 5) is 11.7. The topological polar surface area (TPSA) is 50.4 Å². The van der Waals surface area contributed by atoms with E-state index in [-0.39, 0.29) is 30.5 Å². The minimum absolute atomic E-state index is 0. The number of benzene rings is 2. The number of hydrogen-bond donors (Lipinski definition) is 2. The predicted molar refractivity (Wildman–Crippen MR) is 104 cm³/mol. The van der Waals surface area contributed by atoms with Crippen LogP contribution in [0.15, 0.2) is 54.6 Å². The molecule has 0 aromatic heterocycles. The normalized spacial score (nSPS) is 10.7. The third-order valence-electron chi connectivity index (χ3n) is 3.31. The van der Waals surface area contributed by atoms with Crippen LogP contribution in [0.4, 0.5) is 0 Å². The molecule has 4 nitrogen and oxygen atoms in total. The van der Waals surface area contributed by atoms with Crippen molar-refractivity contribution >= 4 is 18.3 Å². The Morgan fingerprint density at radius 2 is 1.48 bits per heavy atom. The maximum atomic E-state index is 11.7. The summed E-state index contributed by atoms with van der Waals surface area (Å²) < 4.78 is 5.51. The Hall–Kier alpha value is -2.04. The van der Waals surface area contributed by atoms with E-state index in [4.69, 9.17) is 4.74 Å². The number of amides is 1. The molecule has 0 unspecified atom stereocenters. The molecule has 0 saturated heterocycles. The molecule has 0 bridgehead atoms. The van der Waals surface area contributed by atoms with E-state index in [1.54, 1.807) is 0 Å². The number of rotatable bonds is 7. The molecule has 5 heteroatoms. The highest BCUT2D eigenvalue weighted by molar-refractivity contribution is 5.85. The van der Waals surface area contributed by atoms with Crippen molar-refractivity contribution in [2.24, 2.45) is 0 Å². The van der Waals surface area contributed by atoms with Gasteiger partial charge in [-0.2, -0.15) is 0 Å². The summed E-state index contributed by atoms with van der Waals surface area (Å²) in [5.74, 6) is 0.585. The average Bonchev–Trinajstić information content (AvgIpc) is 2.53. The molecular formula is C20H27ClN2O2. The summed E-state index contributed by atoms with van der Waals surface area (Å²) in [6, 6.07) is 18.1. The van der Waals surface area contributed by atoms with Crippen molar-refractivity contribution in [1.29, 1.82) is 0 Å². The molecule has 2 aromatic carbocycles. The maximum absolute atomic E-state index is 11.7. The largest absolute Gasteiger partial charge is 0.484 e. The Bertz CT molecular complexity index is 637. The highest BCUT2D eigenvalue weighted by Crippen LogP contribution is 2.12. The fraction of sp³-hybridized carbons (Fsp3) is 0.350. The first kappa shape index (κ1) is 21.0. The van der Waals surface area contributed by atoms with E-state index in [1.807, 2.05) is 63.2 Å². The van der Waals surface area contributed by atoms with Gasteiger partial charge in [-0.15, -0.1) is 12.4 Å². The molecule has 0 fully saturated rings. The van der Waals surface area contributed by atoms with Crippen molar-refractivity contribution in [3.63, 3.8) is 0 Å². The Labute approximate surface area is 156 Å². The van der Waals surface area contributed by atoms with Gasteiger partial charge in [-0.05, 0) is 44.0 Å². The monoisotopic (exact) mass is 362 g/mol. The smallest absolute Gasteiger partial charge is 0.258 e. The molecule has 0 spiro atoms. The number of carbonyl (C=O) groups excluding carboxylic acids is 1. The van der Waals surface area contributed by atoms with Gasteiger partial charge in [-0.3, -0.25) is 4.79 Å². The summed E-state index contributed by atoms with van der Waals surface area (Å²) in [6.45, 7) is 7.50. The van der Waals surface area contributed by atoms with Crippen molar-refractivity contribution in [3.8, 4) is 5.75 Å². The number of ether oxygens (including phenoxy) is 1. The second kappa shape index (κ2) is 10.1. The van der Waals surface area contributed by atoms with Gasteiger partial charge in [0.25, 0.3) is 5.91 Å². The van der Waals surface area contributed by atoms with Crippen LogP contribution in [0, 0.1) is 0 Å². The first-order chi connectivity index (χ1) is 11.4. The molecule has 0 aliphatic carbocycles. The van der Waals surface area contributed by atoms with Crippen molar-refractivity contribution in [1.82, 2.24) is 10.6 Å². The molecule has 0 radical (unpaired) electrons. The molecule has 0 atom stereocenters. The molecule has 0 aliphatic heterocycles. The molecule has 136 valence electrons. The number of halogens is 1. The second-order valence-corrected chi connectivity index (χ2v) is 6.82. The van der Waals surface area contributed by atoms with Gasteiger partial charge in [0.1, 0.15) is 5.75 Å². The molecular weight excluding hydrogens is 336 g/mol. The predicted octanol–water partition coefficient (Wildman–Crippen LogP) is 3.69. The zero-order chi connectivity index (χ0) is 17.4. The molecule has 0 saturated carbocycles. The summed E-state index contributed by atoms with van der Waals surface area (Å²) in [5.41, 5.74) is 2.20. The van der Waals surface area contributed by atoms with Gasteiger partial charge in [0.2, 0.25) is 0 Å². The Kier molecular flexibility index (Phi) is 8.46. The zero-order valence-corrected chi connectivity index (χ0v) is 15.9. The van der Waals surface area contributed by atoms with E-state index >= 15 is 0 Å². The van der Waals surface area contributed by atoms with Gasteiger partial charge >= 0.3 is 0 Å². The van der Waals surface area contributed by atoms with E-state index in [1.165, 1.54) is 11.1 Å². The van der Waals surface area contributed by atoms with Crippen LogP contribution < -0.4 is 15.4 Å². The van der Waals surface area contributed by atoms with Crippen LogP contribution in [-0.4, -0.2) is 18.1 Å². The standard InChI is InChI=1S/C20H26N2O2.ClH/c1-20(2,3)22-19(23)15-24-18-11-9-17(10-12-18)14-21-13-16-7-5-4-6-8-16;/h4-12,21H,13-15H2,1-3H3,(H,22,23);1H. The summed E-state index contributed by atoms with van der Waals surface area (Å²) >= 11 is 0. The number of hydrogen-bond acceptors (Lipinski definition) is 3. The van der Waals surface area contributed by atoms with Crippen LogP contribution in [0.2, 0.25) is 0 Å². The zero-order valence-electron chi connectivity index (χ0n) is 15.0. The van der Waals surface area contributed by atoms with Crippen molar-refractivity contribution in [2.45, 2.75) is 39.4 Å². The Morgan fingerprint density at radius 3 is 2.04 bits per heavy atom. The second-order valence-electron chi connectivity index (χ2n) is 6.82. The molecule has 1 amide bonds. The minimum atomic E-state index is -0.241. The summed E-state index contributed by atoms with van der Waals surface area (Å²) in [5, 5.41) is 6.28. The van der Waals surface area contributed by atoms with Crippen LogP contribution >= 0.6 is 12.4 Å². The first-order valence-corrected chi connectivity index (χ1v) is 8.20. The summed E-state index contributed by atoms with van der Waals surface area (Å²) in [7, 11) is 0. The van der Waals surface area contributed by atoms with Crippen LogP contribution in [0.3, 0.4) is 0 Å². The van der Waals surface area contributed by atoms with E-state index < -0.39 is 0 Å². The van der Waals surface area contributed by atoms with Gasteiger partial charge in [0.15, 0.2) is 6.61 Å². The third-order valence-corrected chi connectivity index (χ3v) is 3.31. The maximum Gasteiger partial charge on any atom is 0.258 e. The fourth-order valence-corrected chi connectivity index (χ4v) is 2.25. The summed E-state index contributed by atoms with van der Waals surface area (Å²) in [6.07, 6.45) is 0. The lowest BCUT2D eigenvalue weighted by Gasteiger charge is -2.20. The van der Waals surface area contributed by atoms with Gasteiger partial charge in [-0.25, -0.2) is 0 Å². The van der Waals surface area contributed by atoms with Crippen LogP contribution in [0.1, 0.15) is 31.9 Å². The lowest BCUT2D eigenvalue weighted by Crippen LogP contribution is -2.43. The number of carbonyl (C=O) groups is 1. The lowest BCUT2D eigenvalue weighted by molar-refractivity contribution is -0.124. The quantitative estimate of drug-likeness (QED) is 0.789. The van der Waals surface area contributed by atoms with Crippen LogP contribution in [0.25, 0.3) is 0 Å². The van der Waals surface area contributed by atoms with E-state index in [0.29, 0.717) is 5.75 Å². The molecule has 2 N–H and O–H groups in total. The SMILES string of the molecule is CC(C)(C)NC(=O)COc1ccc(CNCc2ccccc2)cc1.Cl. The molecule has 0 heterocycles. The first-order valence-electron chi connectivity index (χ1n) is 8.20. The fourth-order valence-electron chi connectivity index (χ4n) is 2.25. The minimum Gasteiger partial charge on any atom is -0.484 e. The van der Waals surface area contributed by atoms with E-state index in [9.17, 15) is 4.79 Å². The van der Waals surface area contributed by atoms with E-state index in [0.717, 1.165) is 13.1 Å². The molecule has 0 aliphatic rings. The Balaban J connectivity index is 0.00000312. The van der Waals surface area contributed by atoms with Crippen LogP contribution in [0.5, 0.6) is 5.75 Å². The van der Waals surface area contributed by atoms with Gasteiger partial charge in [-0.1, -0.05) is 42.5 Å². The third kappa shape index (κ3) is 8.57. The lowest BCUT2D eigenvalue weighted by atomic mass is 10.1. The van der Waals surface area contributed by atoms with E-state index in [2.05, 4.69) is 22.8 Å². The van der Waals surface area contributed by atoms with Gasteiger partial charge < -0.3 is 15.4 Å². The van der Waals surface area contributed by atoms with Crippen molar-refractivity contribution in [2.75, 3.05) is 6.61 Å².